The molecule has 3 aromatic rings. The zero-order valence-electron chi connectivity index (χ0n) is 23.0. The predicted octanol–water partition coefficient (Wildman–Crippen LogP) is 5.70. The first kappa shape index (κ1) is 28.5. The fraction of sp³-hybridized carbons (Fsp3) is 0.452. The zero-order chi connectivity index (χ0) is 29.7. The number of halogens is 3. The van der Waals surface area contributed by atoms with Crippen LogP contribution in [-0.4, -0.2) is 54.5 Å². The van der Waals surface area contributed by atoms with E-state index in [9.17, 15) is 31.6 Å². The van der Waals surface area contributed by atoms with Crippen molar-refractivity contribution >= 4 is 21.3 Å². The van der Waals surface area contributed by atoms with Gasteiger partial charge in [-0.15, -0.1) is 0 Å². The van der Waals surface area contributed by atoms with Gasteiger partial charge in [0.15, 0.2) is 9.84 Å². The van der Waals surface area contributed by atoms with Crippen molar-refractivity contribution < 1.29 is 26.4 Å². The molecule has 1 aliphatic heterocycles. The Morgan fingerprint density at radius 1 is 1.00 bits per heavy atom. The van der Waals surface area contributed by atoms with Crippen molar-refractivity contribution in [3.63, 3.8) is 0 Å². The summed E-state index contributed by atoms with van der Waals surface area (Å²) in [7, 11) is -3.02. The van der Waals surface area contributed by atoms with Crippen LogP contribution in [0, 0.1) is 28.5 Å². The van der Waals surface area contributed by atoms with Crippen LogP contribution in [0.3, 0.4) is 0 Å². The molecule has 11 heteroatoms. The van der Waals surface area contributed by atoms with E-state index in [0.29, 0.717) is 42.9 Å². The summed E-state index contributed by atoms with van der Waals surface area (Å²) in [5.41, 5.74) is 2.69. The average molecular weight is 597 g/mol. The number of hydrogen-bond acceptors (Lipinski definition) is 6. The first-order valence-corrected chi connectivity index (χ1v) is 16.0. The number of Topliss-reactive ketones (excluding diaryl/α,β-unsaturated/α-hetero) is 1. The molecule has 220 valence electrons. The number of nitriles is 1. The topological polar surface area (TPSA) is 96.1 Å². The van der Waals surface area contributed by atoms with Crippen molar-refractivity contribution in [2.24, 2.45) is 11.3 Å². The highest BCUT2D eigenvalue weighted by molar-refractivity contribution is 7.91. The van der Waals surface area contributed by atoms with Gasteiger partial charge in [0, 0.05) is 61.6 Å². The lowest BCUT2D eigenvalue weighted by Gasteiger charge is -2.35. The van der Waals surface area contributed by atoms with Crippen molar-refractivity contribution in [2.75, 3.05) is 29.5 Å². The van der Waals surface area contributed by atoms with Gasteiger partial charge >= 0.3 is 0 Å². The molecule has 6 rings (SSSR count). The minimum absolute atomic E-state index is 0.0327. The second-order valence-electron chi connectivity index (χ2n) is 11.9. The molecule has 2 heterocycles. The van der Waals surface area contributed by atoms with Gasteiger partial charge in [0.25, 0.3) is 0 Å². The molecule has 2 aliphatic carbocycles. The maximum Gasteiger partial charge on any atom is 0.248 e. The molecule has 7 nitrogen and oxygen atoms in total. The number of rotatable bonds is 7. The number of ketones is 1. The third kappa shape index (κ3) is 5.82. The minimum Gasteiger partial charge on any atom is -0.369 e. The molecule has 0 N–H and O–H groups in total. The van der Waals surface area contributed by atoms with E-state index >= 15 is 0 Å². The first-order chi connectivity index (χ1) is 20.0. The summed E-state index contributed by atoms with van der Waals surface area (Å²) in [5.74, 6) is -5.07. The van der Waals surface area contributed by atoms with Crippen LogP contribution >= 0.6 is 0 Å². The molecule has 0 radical (unpaired) electrons. The third-order valence-corrected chi connectivity index (χ3v) is 10.5. The second-order valence-corrected chi connectivity index (χ2v) is 14.2. The number of carbonyl (C=O) groups is 1. The third-order valence-electron chi connectivity index (χ3n) is 8.92. The summed E-state index contributed by atoms with van der Waals surface area (Å²) in [6, 6.07) is 15.5. The van der Waals surface area contributed by atoms with Crippen LogP contribution < -0.4 is 4.90 Å². The van der Waals surface area contributed by atoms with Crippen LogP contribution in [0.5, 0.6) is 0 Å². The van der Waals surface area contributed by atoms with Crippen LogP contribution in [-0.2, 0) is 14.6 Å². The highest BCUT2D eigenvalue weighted by atomic mass is 32.2. The molecule has 2 aromatic carbocycles. The average Bonchev–Trinajstić information content (AvgIpc) is 3.60. The van der Waals surface area contributed by atoms with E-state index in [0.717, 1.165) is 11.3 Å². The monoisotopic (exact) mass is 596 g/mol. The van der Waals surface area contributed by atoms with E-state index in [1.54, 1.807) is 23.0 Å². The highest BCUT2D eigenvalue weighted by Crippen LogP contribution is 2.52. The Morgan fingerprint density at radius 3 is 2.26 bits per heavy atom. The van der Waals surface area contributed by atoms with E-state index in [4.69, 9.17) is 5.10 Å². The molecule has 0 amide bonds. The van der Waals surface area contributed by atoms with Gasteiger partial charge in [0.2, 0.25) is 5.92 Å². The largest absolute Gasteiger partial charge is 0.369 e. The van der Waals surface area contributed by atoms with E-state index in [2.05, 4.69) is 6.07 Å². The fourth-order valence-corrected chi connectivity index (χ4v) is 7.38. The molecule has 0 unspecified atom stereocenters. The van der Waals surface area contributed by atoms with Crippen LogP contribution in [0.4, 0.5) is 18.9 Å². The van der Waals surface area contributed by atoms with Crippen molar-refractivity contribution in [3.05, 3.63) is 66.2 Å². The van der Waals surface area contributed by atoms with Gasteiger partial charge in [-0.1, -0.05) is 12.1 Å². The van der Waals surface area contributed by atoms with E-state index in [1.807, 2.05) is 29.2 Å². The molecule has 2 saturated carbocycles. The number of sulfone groups is 1. The Hall–Kier alpha value is -3.65. The van der Waals surface area contributed by atoms with Crippen molar-refractivity contribution in [1.29, 1.82) is 5.26 Å². The van der Waals surface area contributed by atoms with Crippen LogP contribution in [0.15, 0.2) is 54.7 Å². The van der Waals surface area contributed by atoms with E-state index in [-0.39, 0.29) is 36.6 Å². The number of anilines is 1. The Bertz CT molecular complexity index is 1630. The van der Waals surface area contributed by atoms with Gasteiger partial charge in [-0.2, -0.15) is 10.4 Å². The van der Waals surface area contributed by atoms with Crippen LogP contribution in [0.25, 0.3) is 16.8 Å². The highest BCUT2D eigenvalue weighted by Gasteiger charge is 2.51. The SMILES string of the molecule is N#CC1(CC(=O)[C@@H]2CC(F)(F)CC[C@H]2c2nn(-c3ccc(F)cc3)cc2-c2ccc(N3CCS(=O)(=O)CC3)cc2)CC1. The molecule has 1 saturated heterocycles. The molecular weight excluding hydrogens is 565 g/mol. The number of nitrogens with zero attached hydrogens (tertiary/aromatic N) is 4. The van der Waals surface area contributed by atoms with Crippen molar-refractivity contribution in [1.82, 2.24) is 9.78 Å². The van der Waals surface area contributed by atoms with E-state index in [1.165, 1.54) is 12.1 Å². The molecule has 42 heavy (non-hydrogen) atoms. The number of benzene rings is 2. The fourth-order valence-electron chi connectivity index (χ4n) is 6.18. The Labute approximate surface area is 242 Å². The maximum atomic E-state index is 14.7. The summed E-state index contributed by atoms with van der Waals surface area (Å²) in [6.45, 7) is 0.805. The van der Waals surface area contributed by atoms with E-state index < -0.39 is 45.2 Å². The molecule has 3 aliphatic rings. The van der Waals surface area contributed by atoms with Crippen molar-refractivity contribution in [2.45, 2.75) is 50.4 Å². The Morgan fingerprint density at radius 2 is 1.64 bits per heavy atom. The predicted molar refractivity (Wildman–Crippen MR) is 152 cm³/mol. The van der Waals surface area contributed by atoms with Gasteiger partial charge < -0.3 is 4.90 Å². The van der Waals surface area contributed by atoms with Crippen molar-refractivity contribution in [3.8, 4) is 22.9 Å². The van der Waals surface area contributed by atoms with Gasteiger partial charge in [0.1, 0.15) is 11.6 Å². The lowest BCUT2D eigenvalue weighted by atomic mass is 9.71. The summed E-state index contributed by atoms with van der Waals surface area (Å²) < 4.78 is 68.4. The lowest BCUT2D eigenvalue weighted by Crippen LogP contribution is -2.40. The van der Waals surface area contributed by atoms with Gasteiger partial charge in [-0.3, -0.25) is 4.79 Å². The van der Waals surface area contributed by atoms with Crippen LogP contribution in [0.1, 0.15) is 50.1 Å². The maximum absolute atomic E-state index is 14.7. The summed E-state index contributed by atoms with van der Waals surface area (Å²) in [6.07, 6.45) is 2.05. The molecule has 0 bridgehead atoms. The normalized spacial score (nSPS) is 24.1. The molecule has 3 fully saturated rings. The smallest absolute Gasteiger partial charge is 0.248 e. The quantitative estimate of drug-likeness (QED) is 0.348. The first-order valence-electron chi connectivity index (χ1n) is 14.2. The Balaban J connectivity index is 1.37. The molecule has 0 spiro atoms. The number of alkyl halides is 2. The molecule has 1 aromatic heterocycles. The lowest BCUT2D eigenvalue weighted by molar-refractivity contribution is -0.132. The van der Waals surface area contributed by atoms with Gasteiger partial charge in [-0.05, 0) is 61.2 Å². The van der Waals surface area contributed by atoms with Gasteiger partial charge in [-0.25, -0.2) is 26.3 Å². The summed E-state index contributed by atoms with van der Waals surface area (Å²) in [5, 5.41) is 14.4. The standard InChI is InChI=1S/C31H31F3N4O3S/c32-22-3-7-24(8-4-22)38-19-27(21-1-5-23(6-2-21)37-13-15-42(40,41)16-14-37)29(36-38)25-9-10-31(33,34)17-26(25)28(39)18-30(20-35)11-12-30/h1-8,19,25-26H,9-18H2/t25-,26-/m1/s1. The molecular formula is C31H31F3N4O3S. The number of carbonyl (C=O) groups excluding carboxylic acids is 1. The second kappa shape index (κ2) is 10.6. The number of aromatic nitrogens is 2. The Kier molecular flexibility index (Phi) is 7.16. The number of hydrogen-bond donors (Lipinski definition) is 0. The summed E-state index contributed by atoms with van der Waals surface area (Å²) in [4.78, 5) is 15.5. The van der Waals surface area contributed by atoms with Crippen LogP contribution in [0.2, 0.25) is 0 Å². The zero-order valence-corrected chi connectivity index (χ0v) is 23.8. The summed E-state index contributed by atoms with van der Waals surface area (Å²) >= 11 is 0. The minimum atomic E-state index is -3.02. The molecule has 2 atom stereocenters. The van der Waals surface area contributed by atoms with Gasteiger partial charge in [0.05, 0.1) is 34.4 Å².